The number of aromatic amines is 1. The Labute approximate surface area is 225 Å². The van der Waals surface area contributed by atoms with Crippen molar-refractivity contribution in [1.29, 1.82) is 5.26 Å². The highest BCUT2D eigenvalue weighted by atomic mass is 79.9. The number of thiophene rings is 1. The number of urea groups is 1. The van der Waals surface area contributed by atoms with Gasteiger partial charge in [0.1, 0.15) is 17.4 Å². The van der Waals surface area contributed by atoms with Gasteiger partial charge in [-0.3, -0.25) is 5.10 Å². The van der Waals surface area contributed by atoms with Gasteiger partial charge in [-0.2, -0.15) is 15.5 Å². The Bertz CT molecular complexity index is 1460. The van der Waals surface area contributed by atoms with E-state index < -0.39 is 6.03 Å². The van der Waals surface area contributed by atoms with Crippen LogP contribution in [0.5, 0.6) is 0 Å². The Morgan fingerprint density at radius 3 is 2.76 bits per heavy atom. The van der Waals surface area contributed by atoms with Crippen molar-refractivity contribution in [1.82, 2.24) is 20.6 Å². The molecule has 0 atom stereocenters. The molecule has 1 aliphatic rings. The van der Waals surface area contributed by atoms with E-state index in [1.54, 1.807) is 18.3 Å². The largest absolute Gasteiger partial charge is 0.378 e. The van der Waals surface area contributed by atoms with Gasteiger partial charge >= 0.3 is 6.03 Å². The summed E-state index contributed by atoms with van der Waals surface area (Å²) in [6.07, 6.45) is 3.01. The number of nitriles is 1. The van der Waals surface area contributed by atoms with E-state index in [2.05, 4.69) is 57.9 Å². The first-order valence-electron chi connectivity index (χ1n) is 11.3. The molecule has 0 bridgehead atoms. The number of hydrogen-bond donors (Lipinski definition) is 3. The quantitative estimate of drug-likeness (QED) is 0.222. The molecule has 0 aliphatic carbocycles. The van der Waals surface area contributed by atoms with Crippen molar-refractivity contribution in [2.24, 2.45) is 5.10 Å². The van der Waals surface area contributed by atoms with Crippen molar-refractivity contribution in [2.75, 3.05) is 36.5 Å². The van der Waals surface area contributed by atoms with Gasteiger partial charge in [-0.1, -0.05) is 40.2 Å². The SMILES string of the molecule is N#Cc1c(N2CCOCC2)sc(-c2ncn[nH]2)c1-c1ccc(NC(=O)N/N=C/c2cccc(Br)c2)cc1. The molecule has 12 heteroatoms. The average molecular weight is 577 g/mol. The van der Waals surface area contributed by atoms with Gasteiger partial charge in [0, 0.05) is 28.8 Å². The molecule has 10 nitrogen and oxygen atoms in total. The number of aromatic nitrogens is 3. The summed E-state index contributed by atoms with van der Waals surface area (Å²) in [7, 11) is 0. The molecule has 3 N–H and O–H groups in total. The summed E-state index contributed by atoms with van der Waals surface area (Å²) in [5.74, 6) is 0.598. The number of morpholine rings is 1. The van der Waals surface area contributed by atoms with E-state index in [1.165, 1.54) is 17.7 Å². The van der Waals surface area contributed by atoms with E-state index in [0.29, 0.717) is 43.4 Å². The lowest BCUT2D eigenvalue weighted by atomic mass is 10.0. The number of hydrazone groups is 1. The van der Waals surface area contributed by atoms with E-state index in [9.17, 15) is 10.1 Å². The number of hydrogen-bond acceptors (Lipinski definition) is 8. The van der Waals surface area contributed by atoms with Gasteiger partial charge < -0.3 is 15.0 Å². The molecule has 1 saturated heterocycles. The van der Waals surface area contributed by atoms with Gasteiger partial charge in [-0.15, -0.1) is 11.3 Å². The molecular formula is C25H21BrN8O2S. The Morgan fingerprint density at radius 1 is 1.24 bits per heavy atom. The number of amides is 2. The number of benzene rings is 2. The van der Waals surface area contributed by atoms with Crippen LogP contribution in [-0.2, 0) is 4.74 Å². The van der Waals surface area contributed by atoms with Crippen LogP contribution >= 0.6 is 27.3 Å². The normalized spacial score (nSPS) is 13.5. The second kappa shape index (κ2) is 11.3. The van der Waals surface area contributed by atoms with E-state index in [0.717, 1.165) is 31.0 Å². The van der Waals surface area contributed by atoms with Crippen LogP contribution in [0.1, 0.15) is 11.1 Å². The lowest BCUT2D eigenvalue weighted by molar-refractivity contribution is 0.123. The number of carbonyl (C=O) groups excluding carboxylic acids is 1. The molecule has 4 aromatic rings. The van der Waals surface area contributed by atoms with Crippen LogP contribution < -0.4 is 15.6 Å². The van der Waals surface area contributed by atoms with Crippen molar-refractivity contribution in [2.45, 2.75) is 0 Å². The zero-order valence-electron chi connectivity index (χ0n) is 19.4. The van der Waals surface area contributed by atoms with Gasteiger partial charge in [-0.25, -0.2) is 15.2 Å². The minimum Gasteiger partial charge on any atom is -0.378 e. The Hall–Kier alpha value is -4.05. The standard InChI is InChI=1S/C25H21BrN8O2S/c26-18-3-1-2-16(12-18)14-29-33-25(35)31-19-6-4-17(5-7-19)21-20(13-27)24(34-8-10-36-11-9-34)37-22(21)23-28-15-30-32-23/h1-7,12,14-15H,8-11H2,(H,28,30,32)(H2,31,33,35)/b29-14+. The molecule has 2 aromatic heterocycles. The second-order valence-electron chi connectivity index (χ2n) is 7.99. The number of rotatable bonds is 6. The van der Waals surface area contributed by atoms with E-state index in [-0.39, 0.29) is 0 Å². The first kappa shape index (κ1) is 24.6. The molecule has 0 unspecified atom stereocenters. The topological polar surface area (TPSA) is 131 Å². The number of anilines is 2. The minimum absolute atomic E-state index is 0.468. The van der Waals surface area contributed by atoms with Gasteiger partial charge in [-0.05, 0) is 35.4 Å². The smallest absolute Gasteiger partial charge is 0.339 e. The summed E-state index contributed by atoms with van der Waals surface area (Å²) in [5, 5.41) is 24.7. The molecule has 3 heterocycles. The lowest BCUT2D eigenvalue weighted by Gasteiger charge is -2.27. The summed E-state index contributed by atoms with van der Waals surface area (Å²) >= 11 is 4.91. The third-order valence-electron chi connectivity index (χ3n) is 5.59. The number of H-pyrrole nitrogens is 1. The molecule has 1 fully saturated rings. The summed E-state index contributed by atoms with van der Waals surface area (Å²) in [5.41, 5.74) is 6.08. The van der Waals surface area contributed by atoms with Gasteiger partial charge in [0.15, 0.2) is 5.82 Å². The van der Waals surface area contributed by atoms with Crippen molar-refractivity contribution in [3.63, 3.8) is 0 Å². The van der Waals surface area contributed by atoms with Gasteiger partial charge in [0.05, 0.1) is 29.9 Å². The third-order valence-corrected chi connectivity index (χ3v) is 7.34. The summed E-state index contributed by atoms with van der Waals surface area (Å²) in [6.45, 7) is 2.66. The zero-order chi connectivity index (χ0) is 25.6. The fourth-order valence-corrected chi connectivity index (χ4v) is 5.59. The maximum Gasteiger partial charge on any atom is 0.339 e. The predicted octanol–water partition coefficient (Wildman–Crippen LogP) is 4.83. The van der Waals surface area contributed by atoms with Gasteiger partial charge in [0.2, 0.25) is 0 Å². The number of nitrogens with zero attached hydrogens (tertiary/aromatic N) is 5. The number of halogens is 1. The maximum absolute atomic E-state index is 12.3. The molecule has 0 saturated carbocycles. The molecule has 0 radical (unpaired) electrons. The molecule has 1 aliphatic heterocycles. The number of ether oxygens (including phenoxy) is 1. The highest BCUT2D eigenvalue weighted by Crippen LogP contribution is 2.46. The first-order chi connectivity index (χ1) is 18.1. The lowest BCUT2D eigenvalue weighted by Crippen LogP contribution is -2.36. The zero-order valence-corrected chi connectivity index (χ0v) is 21.8. The van der Waals surface area contributed by atoms with Crippen LogP contribution in [0.2, 0.25) is 0 Å². The van der Waals surface area contributed by atoms with Crippen molar-refractivity contribution >= 4 is 50.2 Å². The summed E-state index contributed by atoms with van der Waals surface area (Å²) < 4.78 is 6.41. The van der Waals surface area contributed by atoms with Crippen LogP contribution in [0.25, 0.3) is 21.8 Å². The predicted molar refractivity (Wildman–Crippen MR) is 147 cm³/mol. The fraction of sp³-hybridized carbons (Fsp3) is 0.160. The highest BCUT2D eigenvalue weighted by molar-refractivity contribution is 9.10. The Morgan fingerprint density at radius 2 is 2.05 bits per heavy atom. The van der Waals surface area contributed by atoms with E-state index in [4.69, 9.17) is 4.74 Å². The minimum atomic E-state index is -0.468. The highest BCUT2D eigenvalue weighted by Gasteiger charge is 2.26. The Kier molecular flexibility index (Phi) is 7.55. The van der Waals surface area contributed by atoms with Crippen molar-refractivity contribution in [3.05, 3.63) is 70.5 Å². The fourth-order valence-electron chi connectivity index (χ4n) is 3.90. The maximum atomic E-state index is 12.3. The molecule has 2 aromatic carbocycles. The van der Waals surface area contributed by atoms with E-state index in [1.807, 2.05) is 36.4 Å². The third kappa shape index (κ3) is 5.69. The average Bonchev–Trinajstić information content (AvgIpc) is 3.58. The monoisotopic (exact) mass is 576 g/mol. The molecule has 5 rings (SSSR count). The molecule has 0 spiro atoms. The molecule has 186 valence electrons. The van der Waals surface area contributed by atoms with E-state index >= 15 is 0 Å². The number of nitrogens with one attached hydrogen (secondary N) is 3. The molecule has 37 heavy (non-hydrogen) atoms. The molecular weight excluding hydrogens is 556 g/mol. The Balaban J connectivity index is 1.36. The van der Waals surface area contributed by atoms with Crippen LogP contribution in [-0.4, -0.2) is 53.7 Å². The second-order valence-corrected chi connectivity index (χ2v) is 9.90. The van der Waals surface area contributed by atoms with Crippen LogP contribution in [0.15, 0.2) is 64.4 Å². The molecule has 2 amide bonds. The summed E-state index contributed by atoms with van der Waals surface area (Å²) in [6, 6.07) is 16.8. The van der Waals surface area contributed by atoms with Crippen molar-refractivity contribution < 1.29 is 9.53 Å². The van der Waals surface area contributed by atoms with Crippen LogP contribution in [0, 0.1) is 11.3 Å². The first-order valence-corrected chi connectivity index (χ1v) is 12.9. The van der Waals surface area contributed by atoms with Crippen LogP contribution in [0.4, 0.5) is 15.5 Å². The van der Waals surface area contributed by atoms with Gasteiger partial charge in [0.25, 0.3) is 0 Å². The van der Waals surface area contributed by atoms with Crippen molar-refractivity contribution in [3.8, 4) is 27.9 Å². The van der Waals surface area contributed by atoms with Crippen LogP contribution in [0.3, 0.4) is 0 Å². The summed E-state index contributed by atoms with van der Waals surface area (Å²) in [4.78, 5) is 19.6. The number of carbonyl (C=O) groups is 1.